The van der Waals surface area contributed by atoms with E-state index in [0.29, 0.717) is 35.5 Å². The molecule has 0 bridgehead atoms. The summed E-state index contributed by atoms with van der Waals surface area (Å²) in [6.07, 6.45) is 10.1. The first-order valence-corrected chi connectivity index (χ1v) is 13.9. The number of fused-ring (bicyclic) bond motifs is 2. The second-order valence-electron chi connectivity index (χ2n) is 10.8. The van der Waals surface area contributed by atoms with Crippen molar-refractivity contribution in [1.82, 2.24) is 29.5 Å². The van der Waals surface area contributed by atoms with E-state index in [9.17, 15) is 4.79 Å². The molecule has 0 amide bonds. The van der Waals surface area contributed by atoms with Crippen LogP contribution in [0.1, 0.15) is 38.8 Å². The lowest BCUT2D eigenvalue weighted by Crippen LogP contribution is -2.44. The molecule has 1 saturated carbocycles. The second-order valence-corrected chi connectivity index (χ2v) is 10.8. The zero-order valence-corrected chi connectivity index (χ0v) is 22.4. The number of piperazine rings is 1. The highest BCUT2D eigenvalue weighted by Gasteiger charge is 2.36. The number of likely N-dealkylation sites (N-methyl/N-ethyl adjacent to an activating group) is 1. The lowest BCUT2D eigenvalue weighted by Gasteiger charge is -2.34. The normalized spacial score (nSPS) is 23.9. The molecule has 0 spiro atoms. The van der Waals surface area contributed by atoms with E-state index in [1.807, 2.05) is 4.68 Å². The molecule has 2 aliphatic heterocycles. The smallest absolute Gasteiger partial charge is 0.278 e. The molecule has 38 heavy (non-hydrogen) atoms. The van der Waals surface area contributed by atoms with Crippen LogP contribution in [0.25, 0.3) is 11.0 Å². The van der Waals surface area contributed by atoms with Crippen molar-refractivity contribution < 1.29 is 0 Å². The molecule has 0 radical (unpaired) electrons. The van der Waals surface area contributed by atoms with E-state index < -0.39 is 0 Å². The summed E-state index contributed by atoms with van der Waals surface area (Å²) >= 11 is 0. The van der Waals surface area contributed by atoms with Crippen molar-refractivity contribution in [2.24, 2.45) is 5.92 Å². The number of nitrogens with one attached hydrogen (secondary N) is 2. The molecule has 9 nitrogen and oxygen atoms in total. The zero-order valence-electron chi connectivity index (χ0n) is 22.4. The Morgan fingerprint density at radius 3 is 2.71 bits per heavy atom. The van der Waals surface area contributed by atoms with Gasteiger partial charge in [-0.05, 0) is 50.1 Å². The van der Waals surface area contributed by atoms with Crippen LogP contribution in [0.3, 0.4) is 0 Å². The number of aromatic nitrogens is 4. The SMILES string of the molecule is C=CCn1c(=O)c2cnc(Nc3ccc(N4CCN(C)CC4)cc3)nc2n1C1CC=C2CCC(CC)C2N1. The van der Waals surface area contributed by atoms with Gasteiger partial charge in [-0.25, -0.2) is 14.3 Å². The number of nitrogens with zero attached hydrogens (tertiary/aromatic N) is 6. The summed E-state index contributed by atoms with van der Waals surface area (Å²) in [5.74, 6) is 1.11. The topological polar surface area (TPSA) is 83.2 Å². The van der Waals surface area contributed by atoms with Gasteiger partial charge in [-0.2, -0.15) is 4.98 Å². The van der Waals surface area contributed by atoms with Crippen molar-refractivity contribution in [2.75, 3.05) is 43.4 Å². The highest BCUT2D eigenvalue weighted by Crippen LogP contribution is 2.38. The summed E-state index contributed by atoms with van der Waals surface area (Å²) in [6, 6.07) is 8.78. The Hall–Kier alpha value is -3.43. The third kappa shape index (κ3) is 4.54. The van der Waals surface area contributed by atoms with Crippen molar-refractivity contribution in [3.8, 4) is 0 Å². The van der Waals surface area contributed by atoms with E-state index in [0.717, 1.165) is 44.7 Å². The summed E-state index contributed by atoms with van der Waals surface area (Å²) in [5, 5.41) is 7.74. The maximum absolute atomic E-state index is 13.4. The molecule has 2 fully saturated rings. The molecule has 1 aliphatic carbocycles. The predicted molar refractivity (Wildman–Crippen MR) is 153 cm³/mol. The summed E-state index contributed by atoms with van der Waals surface area (Å²) in [5.41, 5.74) is 4.21. The summed E-state index contributed by atoms with van der Waals surface area (Å²) in [4.78, 5) is 27.5. The van der Waals surface area contributed by atoms with Gasteiger partial charge in [0, 0.05) is 56.2 Å². The average Bonchev–Trinajstić information content (AvgIpc) is 3.47. The fraction of sp³-hybridized carbons (Fsp3) is 0.483. The summed E-state index contributed by atoms with van der Waals surface area (Å²) < 4.78 is 3.77. The van der Waals surface area contributed by atoms with Crippen molar-refractivity contribution in [2.45, 2.75) is 51.4 Å². The predicted octanol–water partition coefficient (Wildman–Crippen LogP) is 3.88. The quantitative estimate of drug-likeness (QED) is 0.463. The Balaban J connectivity index is 1.29. The van der Waals surface area contributed by atoms with Gasteiger partial charge in [0.05, 0.1) is 6.54 Å². The number of anilines is 3. The van der Waals surface area contributed by atoms with Gasteiger partial charge in [0.1, 0.15) is 11.6 Å². The van der Waals surface area contributed by atoms with Crippen LogP contribution in [0.5, 0.6) is 0 Å². The third-order valence-electron chi connectivity index (χ3n) is 8.47. The zero-order chi connectivity index (χ0) is 26.2. The van der Waals surface area contributed by atoms with Gasteiger partial charge in [0.25, 0.3) is 5.56 Å². The molecule has 3 aromatic rings. The highest BCUT2D eigenvalue weighted by molar-refractivity contribution is 5.75. The Morgan fingerprint density at radius 2 is 1.97 bits per heavy atom. The largest absolute Gasteiger partial charge is 0.369 e. The van der Waals surface area contributed by atoms with E-state index in [-0.39, 0.29) is 11.7 Å². The number of benzene rings is 1. The fourth-order valence-electron chi connectivity index (χ4n) is 6.27. The minimum atomic E-state index is -0.0852. The second kappa shape index (κ2) is 10.4. The average molecular weight is 515 g/mol. The summed E-state index contributed by atoms with van der Waals surface area (Å²) in [6.45, 7) is 10.8. The third-order valence-corrected chi connectivity index (χ3v) is 8.47. The van der Waals surface area contributed by atoms with E-state index >= 15 is 0 Å². The molecular weight excluding hydrogens is 476 g/mol. The van der Waals surface area contributed by atoms with Crippen LogP contribution in [0.15, 0.2) is 59.6 Å². The lowest BCUT2D eigenvalue weighted by atomic mass is 9.95. The molecule has 200 valence electrons. The van der Waals surface area contributed by atoms with Crippen LogP contribution in [0.4, 0.5) is 17.3 Å². The lowest BCUT2D eigenvalue weighted by molar-refractivity contribution is 0.268. The van der Waals surface area contributed by atoms with E-state index in [2.05, 4.69) is 76.3 Å². The van der Waals surface area contributed by atoms with Crippen molar-refractivity contribution in [3.05, 3.63) is 65.1 Å². The minimum absolute atomic E-state index is 0.0494. The minimum Gasteiger partial charge on any atom is -0.369 e. The molecule has 3 unspecified atom stereocenters. The molecule has 2 aromatic heterocycles. The number of hydrogen-bond donors (Lipinski definition) is 2. The standard InChI is InChI=1S/C29H38N8O/c1-4-14-36-28(38)24-19-30-29(31-22-9-11-23(12-10-22)35-17-15-34(3)16-18-35)33-27(24)37(36)25-13-8-21-7-6-20(5-2)26(21)32-25/h4,8-12,19-20,25-26,32H,1,5-7,13-18H2,2-3H3,(H,30,31,33). The van der Waals surface area contributed by atoms with Gasteiger partial charge in [-0.15, -0.1) is 6.58 Å². The van der Waals surface area contributed by atoms with Crippen LogP contribution in [0.2, 0.25) is 0 Å². The molecule has 2 N–H and O–H groups in total. The van der Waals surface area contributed by atoms with Gasteiger partial charge >= 0.3 is 0 Å². The van der Waals surface area contributed by atoms with Crippen LogP contribution in [-0.2, 0) is 6.54 Å². The molecular formula is C29H38N8O. The van der Waals surface area contributed by atoms with Gasteiger partial charge in [-0.1, -0.05) is 31.1 Å². The summed E-state index contributed by atoms with van der Waals surface area (Å²) in [7, 11) is 2.17. The number of rotatable bonds is 7. The molecule has 9 heteroatoms. The Kier molecular flexibility index (Phi) is 6.80. The fourth-order valence-corrected chi connectivity index (χ4v) is 6.27. The monoisotopic (exact) mass is 514 g/mol. The van der Waals surface area contributed by atoms with Crippen molar-refractivity contribution in [1.29, 1.82) is 0 Å². The maximum atomic E-state index is 13.4. The maximum Gasteiger partial charge on any atom is 0.278 e. The highest BCUT2D eigenvalue weighted by atomic mass is 16.1. The Labute approximate surface area is 223 Å². The van der Waals surface area contributed by atoms with Gasteiger partial charge < -0.3 is 15.1 Å². The van der Waals surface area contributed by atoms with Gasteiger partial charge in [-0.3, -0.25) is 10.1 Å². The van der Waals surface area contributed by atoms with Gasteiger partial charge in [0.2, 0.25) is 5.95 Å². The number of hydrogen-bond acceptors (Lipinski definition) is 7. The molecule has 3 aliphatic rings. The molecule has 1 saturated heterocycles. The number of allylic oxidation sites excluding steroid dienone is 1. The molecule has 4 heterocycles. The van der Waals surface area contributed by atoms with Crippen molar-refractivity contribution >= 4 is 28.4 Å². The first-order valence-electron chi connectivity index (χ1n) is 13.9. The first-order chi connectivity index (χ1) is 18.6. The van der Waals surface area contributed by atoms with E-state index in [4.69, 9.17) is 4.98 Å². The molecule has 1 aromatic carbocycles. The van der Waals surface area contributed by atoms with Gasteiger partial charge in [0.15, 0.2) is 5.65 Å². The van der Waals surface area contributed by atoms with Crippen LogP contribution in [0, 0.1) is 5.92 Å². The van der Waals surface area contributed by atoms with E-state index in [1.54, 1.807) is 17.0 Å². The first kappa shape index (κ1) is 24.9. The molecule has 3 atom stereocenters. The molecule has 6 rings (SSSR count). The van der Waals surface area contributed by atoms with Crippen LogP contribution in [-0.4, -0.2) is 63.5 Å². The Morgan fingerprint density at radius 1 is 1.18 bits per heavy atom. The van der Waals surface area contributed by atoms with Crippen molar-refractivity contribution in [3.63, 3.8) is 0 Å². The van der Waals surface area contributed by atoms with Crippen LogP contribution >= 0.6 is 0 Å². The Bertz CT molecular complexity index is 1400. The van der Waals surface area contributed by atoms with E-state index in [1.165, 1.54) is 24.1 Å². The van der Waals surface area contributed by atoms with Crippen LogP contribution < -0.4 is 21.1 Å².